The Morgan fingerprint density at radius 1 is 1.33 bits per heavy atom. The molecule has 0 aliphatic heterocycles. The van der Waals surface area contributed by atoms with Gasteiger partial charge in [0.15, 0.2) is 0 Å². The molecule has 0 bridgehead atoms. The molecular weight excluding hydrogens is 224 g/mol. The second-order valence-electron chi connectivity index (χ2n) is 4.98. The van der Waals surface area contributed by atoms with Gasteiger partial charge < -0.3 is 5.32 Å². The van der Waals surface area contributed by atoms with Gasteiger partial charge in [-0.05, 0) is 37.8 Å². The van der Waals surface area contributed by atoms with Gasteiger partial charge >= 0.3 is 0 Å². The summed E-state index contributed by atoms with van der Waals surface area (Å²) in [6.07, 6.45) is 4.19. The number of carbonyl (C=O) groups excluding carboxylic acids is 1. The summed E-state index contributed by atoms with van der Waals surface area (Å²) in [7, 11) is 0. The maximum atomic E-state index is 12.3. The van der Waals surface area contributed by atoms with Gasteiger partial charge in [-0.2, -0.15) is 0 Å². The SMILES string of the molecule is C[C@@H](NC(=O)c1cccc2cccnc12)C1CC1. The van der Waals surface area contributed by atoms with Crippen LogP contribution < -0.4 is 5.32 Å². The number of carbonyl (C=O) groups is 1. The summed E-state index contributed by atoms with van der Waals surface area (Å²) in [5, 5.41) is 4.08. The highest BCUT2D eigenvalue weighted by molar-refractivity contribution is 6.05. The third-order valence-electron chi connectivity index (χ3n) is 3.57. The first-order valence-electron chi connectivity index (χ1n) is 6.40. The number of hydrogen-bond donors (Lipinski definition) is 1. The van der Waals surface area contributed by atoms with E-state index in [0.29, 0.717) is 11.5 Å². The van der Waals surface area contributed by atoms with Crippen molar-refractivity contribution >= 4 is 16.8 Å². The van der Waals surface area contributed by atoms with E-state index in [-0.39, 0.29) is 11.9 Å². The summed E-state index contributed by atoms with van der Waals surface area (Å²) in [4.78, 5) is 16.6. The second-order valence-corrected chi connectivity index (χ2v) is 4.98. The number of hydrogen-bond acceptors (Lipinski definition) is 2. The van der Waals surface area contributed by atoms with E-state index in [1.807, 2.05) is 30.3 Å². The zero-order valence-electron chi connectivity index (χ0n) is 10.4. The molecule has 3 rings (SSSR count). The van der Waals surface area contributed by atoms with E-state index in [9.17, 15) is 4.79 Å². The zero-order valence-corrected chi connectivity index (χ0v) is 10.4. The van der Waals surface area contributed by atoms with Gasteiger partial charge in [0.25, 0.3) is 5.91 Å². The largest absolute Gasteiger partial charge is 0.349 e. The highest BCUT2D eigenvalue weighted by Gasteiger charge is 2.29. The standard InChI is InChI=1S/C15H16N2O/c1-10(11-7-8-11)17-15(18)13-6-2-4-12-5-3-9-16-14(12)13/h2-6,9-11H,7-8H2,1H3,(H,17,18)/t10-/m1/s1. The Bertz CT molecular complexity index is 585. The van der Waals surface area contributed by atoms with Crippen LogP contribution in [0.5, 0.6) is 0 Å². The molecular formula is C15H16N2O. The molecule has 0 saturated heterocycles. The summed E-state index contributed by atoms with van der Waals surface area (Å²) in [6, 6.07) is 9.84. The lowest BCUT2D eigenvalue weighted by Crippen LogP contribution is -2.34. The van der Waals surface area contributed by atoms with Crippen LogP contribution in [0.1, 0.15) is 30.1 Å². The molecule has 1 aliphatic rings. The Kier molecular flexibility index (Phi) is 2.74. The van der Waals surface area contributed by atoms with Crippen LogP contribution in [-0.2, 0) is 0 Å². The van der Waals surface area contributed by atoms with Gasteiger partial charge in [0, 0.05) is 17.6 Å². The number of para-hydroxylation sites is 1. The molecule has 3 heteroatoms. The molecule has 2 aromatic rings. The second kappa shape index (κ2) is 4.41. The number of pyridine rings is 1. The van der Waals surface area contributed by atoms with Gasteiger partial charge in [-0.1, -0.05) is 18.2 Å². The van der Waals surface area contributed by atoms with E-state index >= 15 is 0 Å². The van der Waals surface area contributed by atoms with Crippen LogP contribution in [0.4, 0.5) is 0 Å². The monoisotopic (exact) mass is 240 g/mol. The Morgan fingerprint density at radius 2 is 2.11 bits per heavy atom. The quantitative estimate of drug-likeness (QED) is 0.896. The summed E-state index contributed by atoms with van der Waals surface area (Å²) >= 11 is 0. The van der Waals surface area contributed by atoms with Gasteiger partial charge in [0.05, 0.1) is 11.1 Å². The van der Waals surface area contributed by atoms with Gasteiger partial charge in [0.1, 0.15) is 0 Å². The Labute approximate surface area is 106 Å². The van der Waals surface area contributed by atoms with Crippen molar-refractivity contribution in [1.82, 2.24) is 10.3 Å². The van der Waals surface area contributed by atoms with Crippen LogP contribution in [0.2, 0.25) is 0 Å². The van der Waals surface area contributed by atoms with Gasteiger partial charge in [-0.15, -0.1) is 0 Å². The number of nitrogens with zero attached hydrogens (tertiary/aromatic N) is 1. The summed E-state index contributed by atoms with van der Waals surface area (Å²) in [6.45, 7) is 2.08. The molecule has 0 spiro atoms. The van der Waals surface area contributed by atoms with Crippen molar-refractivity contribution < 1.29 is 4.79 Å². The number of amides is 1. The summed E-state index contributed by atoms with van der Waals surface area (Å²) < 4.78 is 0. The predicted molar refractivity (Wildman–Crippen MR) is 71.4 cm³/mol. The number of aromatic nitrogens is 1. The molecule has 1 amide bonds. The Hall–Kier alpha value is -1.90. The fraction of sp³-hybridized carbons (Fsp3) is 0.333. The molecule has 1 saturated carbocycles. The van der Waals surface area contributed by atoms with Crippen LogP contribution in [0.15, 0.2) is 36.5 Å². The van der Waals surface area contributed by atoms with Gasteiger partial charge in [-0.3, -0.25) is 9.78 Å². The maximum Gasteiger partial charge on any atom is 0.253 e. The summed E-state index contributed by atoms with van der Waals surface area (Å²) in [5.41, 5.74) is 1.45. The minimum Gasteiger partial charge on any atom is -0.349 e. The topological polar surface area (TPSA) is 42.0 Å². The zero-order chi connectivity index (χ0) is 12.5. The molecule has 1 heterocycles. The number of nitrogens with one attached hydrogen (secondary N) is 1. The average Bonchev–Trinajstić information content (AvgIpc) is 3.22. The molecule has 3 nitrogen and oxygen atoms in total. The first-order valence-corrected chi connectivity index (χ1v) is 6.40. The number of benzene rings is 1. The highest BCUT2D eigenvalue weighted by Crippen LogP contribution is 2.32. The van der Waals surface area contributed by atoms with Crippen molar-refractivity contribution in [3.63, 3.8) is 0 Å². The van der Waals surface area contributed by atoms with Crippen molar-refractivity contribution in [3.8, 4) is 0 Å². The van der Waals surface area contributed by atoms with E-state index in [1.165, 1.54) is 12.8 Å². The van der Waals surface area contributed by atoms with Crippen LogP contribution in [0.3, 0.4) is 0 Å². The molecule has 92 valence electrons. The predicted octanol–water partition coefficient (Wildman–Crippen LogP) is 2.76. The van der Waals surface area contributed by atoms with Crippen LogP contribution in [-0.4, -0.2) is 16.9 Å². The minimum atomic E-state index is -0.0151. The molecule has 0 radical (unpaired) electrons. The third kappa shape index (κ3) is 2.08. The highest BCUT2D eigenvalue weighted by atomic mass is 16.1. The van der Waals surface area contributed by atoms with Crippen molar-refractivity contribution in [1.29, 1.82) is 0 Å². The van der Waals surface area contributed by atoms with Crippen molar-refractivity contribution in [3.05, 3.63) is 42.1 Å². The first kappa shape index (κ1) is 11.2. The van der Waals surface area contributed by atoms with Crippen LogP contribution >= 0.6 is 0 Å². The minimum absolute atomic E-state index is 0.0151. The molecule has 18 heavy (non-hydrogen) atoms. The third-order valence-corrected chi connectivity index (χ3v) is 3.57. The molecule has 0 unspecified atom stereocenters. The summed E-state index contributed by atoms with van der Waals surface area (Å²) in [5.74, 6) is 0.649. The molecule has 1 fully saturated rings. The van der Waals surface area contributed by atoms with Crippen molar-refractivity contribution in [2.24, 2.45) is 5.92 Å². The van der Waals surface area contributed by atoms with Gasteiger partial charge in [-0.25, -0.2) is 0 Å². The molecule has 1 aromatic carbocycles. The van der Waals surface area contributed by atoms with E-state index in [2.05, 4.69) is 17.2 Å². The first-order chi connectivity index (χ1) is 8.75. The Morgan fingerprint density at radius 3 is 2.89 bits per heavy atom. The van der Waals surface area contributed by atoms with Crippen molar-refractivity contribution in [2.75, 3.05) is 0 Å². The lowest BCUT2D eigenvalue weighted by molar-refractivity contribution is 0.0937. The fourth-order valence-corrected chi connectivity index (χ4v) is 2.29. The van der Waals surface area contributed by atoms with Crippen molar-refractivity contribution in [2.45, 2.75) is 25.8 Å². The molecule has 1 aliphatic carbocycles. The van der Waals surface area contributed by atoms with Gasteiger partial charge in [0.2, 0.25) is 0 Å². The Balaban J connectivity index is 1.90. The molecule has 1 atom stereocenters. The lowest BCUT2D eigenvalue weighted by Gasteiger charge is -2.13. The number of fused-ring (bicyclic) bond motifs is 1. The van der Waals surface area contributed by atoms with E-state index in [1.54, 1.807) is 6.20 Å². The lowest BCUT2D eigenvalue weighted by atomic mass is 10.1. The maximum absolute atomic E-state index is 12.3. The number of rotatable bonds is 3. The smallest absolute Gasteiger partial charge is 0.253 e. The molecule has 1 N–H and O–H groups in total. The average molecular weight is 240 g/mol. The normalized spacial score (nSPS) is 16.5. The van der Waals surface area contributed by atoms with Crippen LogP contribution in [0, 0.1) is 5.92 Å². The molecule has 1 aromatic heterocycles. The van der Waals surface area contributed by atoms with E-state index in [4.69, 9.17) is 0 Å². The van der Waals surface area contributed by atoms with E-state index < -0.39 is 0 Å². The van der Waals surface area contributed by atoms with Crippen LogP contribution in [0.25, 0.3) is 10.9 Å². The van der Waals surface area contributed by atoms with E-state index in [0.717, 1.165) is 10.9 Å². The fourth-order valence-electron chi connectivity index (χ4n) is 2.29.